The van der Waals surface area contributed by atoms with Crippen LogP contribution in [-0.2, 0) is 9.59 Å². The van der Waals surface area contributed by atoms with E-state index in [4.69, 9.17) is 34.8 Å². The van der Waals surface area contributed by atoms with E-state index >= 15 is 0 Å². The number of carboxylic acid groups (broad SMARTS) is 1. The lowest BCUT2D eigenvalue weighted by Crippen LogP contribution is -2.29. The number of Topliss-reactive ketones (excluding diaryl/α,β-unsaturated/α-hetero) is 1. The second-order valence-corrected chi connectivity index (χ2v) is 7.28. The monoisotopic (exact) mass is 286 g/mol. The smallest absolute Gasteiger partial charge is 0.318 e. The molecule has 0 bridgehead atoms. The van der Waals surface area contributed by atoms with Crippen LogP contribution in [0, 0.1) is 16.7 Å². The standard InChI is InChI=1S/C10H13Cl3O3/c1-5(14)10(7(15)16)6(8(10,2)3)4-9(11,12)13/h6H,4H2,1-3H3,(H,15,16)/t6-,10-/m1/s1. The second-order valence-electron chi connectivity index (χ2n) is 4.76. The second kappa shape index (κ2) is 3.76. The van der Waals surface area contributed by atoms with Crippen molar-refractivity contribution in [3.8, 4) is 0 Å². The molecule has 0 aliphatic heterocycles. The van der Waals surface area contributed by atoms with Gasteiger partial charge >= 0.3 is 5.97 Å². The van der Waals surface area contributed by atoms with Crippen LogP contribution >= 0.6 is 34.8 Å². The molecule has 0 unspecified atom stereocenters. The number of carbonyl (C=O) groups excluding carboxylic acids is 1. The Labute approximate surface area is 109 Å². The van der Waals surface area contributed by atoms with Crippen molar-refractivity contribution in [1.29, 1.82) is 0 Å². The molecule has 0 amide bonds. The van der Waals surface area contributed by atoms with E-state index in [1.54, 1.807) is 13.8 Å². The molecule has 92 valence electrons. The highest BCUT2D eigenvalue weighted by Crippen LogP contribution is 2.72. The molecule has 0 heterocycles. The minimum Gasteiger partial charge on any atom is -0.480 e. The number of hydrogen-bond acceptors (Lipinski definition) is 2. The van der Waals surface area contributed by atoms with E-state index < -0.39 is 26.5 Å². The molecule has 0 aromatic heterocycles. The molecular weight excluding hydrogens is 274 g/mol. The Bertz CT molecular complexity index is 330. The number of carbonyl (C=O) groups is 2. The maximum Gasteiger partial charge on any atom is 0.318 e. The number of carboxylic acids is 1. The molecule has 1 N–H and O–H groups in total. The fraction of sp³-hybridized carbons (Fsp3) is 0.800. The van der Waals surface area contributed by atoms with Gasteiger partial charge in [0, 0.05) is 0 Å². The van der Waals surface area contributed by atoms with E-state index in [0.29, 0.717) is 0 Å². The predicted octanol–water partition coefficient (Wildman–Crippen LogP) is 3.06. The van der Waals surface area contributed by atoms with Gasteiger partial charge in [0.15, 0.2) is 3.79 Å². The summed E-state index contributed by atoms with van der Waals surface area (Å²) < 4.78 is -1.53. The van der Waals surface area contributed by atoms with Gasteiger partial charge in [-0.2, -0.15) is 0 Å². The van der Waals surface area contributed by atoms with Crippen LogP contribution in [0.15, 0.2) is 0 Å². The maximum absolute atomic E-state index is 11.6. The van der Waals surface area contributed by atoms with Crippen LogP contribution in [0.2, 0.25) is 0 Å². The molecule has 16 heavy (non-hydrogen) atoms. The first-order valence-electron chi connectivity index (χ1n) is 4.79. The van der Waals surface area contributed by atoms with Crippen molar-refractivity contribution >= 4 is 46.6 Å². The van der Waals surface area contributed by atoms with Gasteiger partial charge in [0.25, 0.3) is 0 Å². The number of alkyl halides is 3. The van der Waals surface area contributed by atoms with Gasteiger partial charge < -0.3 is 5.11 Å². The van der Waals surface area contributed by atoms with Gasteiger partial charge in [-0.15, -0.1) is 0 Å². The highest BCUT2D eigenvalue weighted by Gasteiger charge is 2.79. The van der Waals surface area contributed by atoms with Crippen LogP contribution in [0.3, 0.4) is 0 Å². The van der Waals surface area contributed by atoms with Crippen molar-refractivity contribution in [3.05, 3.63) is 0 Å². The Morgan fingerprint density at radius 1 is 1.31 bits per heavy atom. The number of ketones is 1. The van der Waals surface area contributed by atoms with Gasteiger partial charge in [-0.05, 0) is 24.7 Å². The minimum atomic E-state index is -1.53. The quantitative estimate of drug-likeness (QED) is 0.641. The molecule has 0 spiro atoms. The van der Waals surface area contributed by atoms with Crippen molar-refractivity contribution in [3.63, 3.8) is 0 Å². The number of rotatable bonds is 3. The zero-order valence-corrected chi connectivity index (χ0v) is 11.4. The summed E-state index contributed by atoms with van der Waals surface area (Å²) in [5.41, 5.74) is -2.08. The predicted molar refractivity (Wildman–Crippen MR) is 62.9 cm³/mol. The van der Waals surface area contributed by atoms with E-state index in [1.165, 1.54) is 6.92 Å². The normalized spacial score (nSPS) is 32.2. The van der Waals surface area contributed by atoms with Crippen molar-refractivity contribution < 1.29 is 14.7 Å². The number of aliphatic carboxylic acids is 1. The third-order valence-electron chi connectivity index (χ3n) is 3.66. The summed E-state index contributed by atoms with van der Waals surface area (Å²) in [5, 5.41) is 9.23. The van der Waals surface area contributed by atoms with E-state index in [2.05, 4.69) is 0 Å². The van der Waals surface area contributed by atoms with E-state index in [9.17, 15) is 14.7 Å². The van der Waals surface area contributed by atoms with Gasteiger partial charge in [0.1, 0.15) is 11.2 Å². The summed E-state index contributed by atoms with van der Waals surface area (Å²) in [6, 6.07) is 0. The molecule has 1 rings (SSSR count). The molecule has 0 saturated heterocycles. The Morgan fingerprint density at radius 3 is 1.94 bits per heavy atom. The van der Waals surface area contributed by atoms with Gasteiger partial charge in [-0.3, -0.25) is 9.59 Å². The molecule has 0 aromatic carbocycles. The lowest BCUT2D eigenvalue weighted by atomic mass is 9.92. The van der Waals surface area contributed by atoms with Crippen LogP contribution in [0.5, 0.6) is 0 Å². The first-order valence-corrected chi connectivity index (χ1v) is 5.92. The molecule has 6 heteroatoms. The summed E-state index contributed by atoms with van der Waals surface area (Å²) in [5.74, 6) is -1.96. The third kappa shape index (κ3) is 1.83. The average molecular weight is 288 g/mol. The Balaban J connectivity index is 3.07. The van der Waals surface area contributed by atoms with Crippen molar-refractivity contribution in [2.75, 3.05) is 0 Å². The lowest BCUT2D eigenvalue weighted by molar-refractivity contribution is -0.149. The largest absolute Gasteiger partial charge is 0.480 e. The van der Waals surface area contributed by atoms with E-state index in [0.717, 1.165) is 0 Å². The van der Waals surface area contributed by atoms with E-state index in [1.807, 2.05) is 0 Å². The van der Waals surface area contributed by atoms with Crippen LogP contribution in [0.25, 0.3) is 0 Å². The summed E-state index contributed by atoms with van der Waals surface area (Å²) in [6.07, 6.45) is 0.0660. The molecule has 0 radical (unpaired) electrons. The van der Waals surface area contributed by atoms with Crippen LogP contribution in [0.1, 0.15) is 27.2 Å². The van der Waals surface area contributed by atoms with Gasteiger partial charge in [-0.25, -0.2) is 0 Å². The summed E-state index contributed by atoms with van der Waals surface area (Å²) in [7, 11) is 0. The van der Waals surface area contributed by atoms with Crippen molar-refractivity contribution in [1.82, 2.24) is 0 Å². The lowest BCUT2D eigenvalue weighted by Gasteiger charge is -2.12. The molecule has 2 atom stereocenters. The van der Waals surface area contributed by atoms with Crippen molar-refractivity contribution in [2.45, 2.75) is 31.0 Å². The molecule has 1 saturated carbocycles. The maximum atomic E-state index is 11.6. The molecule has 1 fully saturated rings. The zero-order chi connectivity index (χ0) is 12.9. The summed E-state index contributed by atoms with van der Waals surface area (Å²) in [6.45, 7) is 4.70. The third-order valence-corrected chi connectivity index (χ3v) is 4.12. The molecule has 1 aliphatic rings. The number of halogens is 3. The Morgan fingerprint density at radius 2 is 1.75 bits per heavy atom. The van der Waals surface area contributed by atoms with E-state index in [-0.39, 0.29) is 12.2 Å². The highest BCUT2D eigenvalue weighted by molar-refractivity contribution is 6.67. The average Bonchev–Trinajstić information content (AvgIpc) is 2.44. The van der Waals surface area contributed by atoms with Gasteiger partial charge in [-0.1, -0.05) is 48.7 Å². The fourth-order valence-corrected chi connectivity index (χ4v) is 3.25. The zero-order valence-electron chi connectivity index (χ0n) is 9.18. The van der Waals surface area contributed by atoms with Crippen molar-refractivity contribution in [2.24, 2.45) is 16.7 Å². The molecule has 1 aliphatic carbocycles. The fourth-order valence-electron chi connectivity index (χ4n) is 2.78. The first-order chi connectivity index (χ1) is 6.98. The van der Waals surface area contributed by atoms with Crippen LogP contribution < -0.4 is 0 Å². The summed E-state index contributed by atoms with van der Waals surface area (Å²) in [4.78, 5) is 22.9. The van der Waals surface area contributed by atoms with Gasteiger partial charge in [0.2, 0.25) is 0 Å². The minimum absolute atomic E-state index is 0.0660. The summed E-state index contributed by atoms with van der Waals surface area (Å²) >= 11 is 17.0. The molecule has 3 nitrogen and oxygen atoms in total. The topological polar surface area (TPSA) is 54.4 Å². The SMILES string of the molecule is CC(=O)[C@]1(C(=O)O)[C@H](CC(Cl)(Cl)Cl)C1(C)C. The van der Waals surface area contributed by atoms with Crippen LogP contribution in [-0.4, -0.2) is 20.7 Å². The number of hydrogen-bond donors (Lipinski definition) is 1. The van der Waals surface area contributed by atoms with Gasteiger partial charge in [0.05, 0.1) is 0 Å². The van der Waals surface area contributed by atoms with Crippen LogP contribution in [0.4, 0.5) is 0 Å². The Hall–Kier alpha value is 0.01000. The highest BCUT2D eigenvalue weighted by atomic mass is 35.6. The molecular formula is C10H13Cl3O3. The molecule has 0 aromatic rings. The Kier molecular flexibility index (Phi) is 3.30. The first kappa shape index (κ1) is 14.1.